The molecule has 33 heavy (non-hydrogen) atoms. The highest BCUT2D eigenvalue weighted by Gasteiger charge is 2.21. The highest BCUT2D eigenvalue weighted by Crippen LogP contribution is 2.29. The molecule has 0 fully saturated rings. The summed E-state index contributed by atoms with van der Waals surface area (Å²) >= 11 is 0. The molecule has 2 aromatic heterocycles. The number of rotatable bonds is 6. The van der Waals surface area contributed by atoms with Crippen molar-refractivity contribution in [2.24, 2.45) is 0 Å². The van der Waals surface area contributed by atoms with E-state index in [4.69, 9.17) is 4.74 Å². The molecule has 0 aliphatic heterocycles. The molecular formula is C23H19N7O3. The van der Waals surface area contributed by atoms with Crippen LogP contribution in [0.4, 0.5) is 5.82 Å². The Morgan fingerprint density at radius 1 is 1.06 bits per heavy atom. The first-order chi connectivity index (χ1) is 16.0. The lowest BCUT2D eigenvalue weighted by Gasteiger charge is -2.13. The summed E-state index contributed by atoms with van der Waals surface area (Å²) in [7, 11) is 0. The molecular weight excluding hydrogens is 422 g/mol. The van der Waals surface area contributed by atoms with Gasteiger partial charge in [0.1, 0.15) is 18.2 Å². The second-order valence-electron chi connectivity index (χ2n) is 7.14. The van der Waals surface area contributed by atoms with Crippen molar-refractivity contribution >= 4 is 17.7 Å². The van der Waals surface area contributed by atoms with Crippen molar-refractivity contribution in [1.29, 1.82) is 5.26 Å². The van der Waals surface area contributed by atoms with Crippen molar-refractivity contribution in [1.82, 2.24) is 24.8 Å². The maximum absolute atomic E-state index is 12.6. The highest BCUT2D eigenvalue weighted by atomic mass is 16.5. The van der Waals surface area contributed by atoms with Gasteiger partial charge in [-0.1, -0.05) is 18.2 Å². The molecule has 0 bridgehead atoms. The fourth-order valence-corrected chi connectivity index (χ4v) is 3.37. The molecule has 0 saturated heterocycles. The van der Waals surface area contributed by atoms with Crippen LogP contribution in [-0.2, 0) is 9.53 Å². The third-order valence-electron chi connectivity index (χ3n) is 5.15. The number of ether oxygens (including phenoxy) is 1. The normalized spacial score (nSPS) is 10.5. The average molecular weight is 441 g/mol. The summed E-state index contributed by atoms with van der Waals surface area (Å²) in [6.45, 7) is 3.19. The summed E-state index contributed by atoms with van der Waals surface area (Å²) in [4.78, 5) is 25.0. The number of esters is 1. The van der Waals surface area contributed by atoms with E-state index >= 15 is 0 Å². The van der Waals surface area contributed by atoms with Crippen molar-refractivity contribution in [3.8, 4) is 17.4 Å². The molecule has 4 aromatic rings. The number of para-hydroxylation sites is 1. The van der Waals surface area contributed by atoms with Gasteiger partial charge in [-0.15, -0.1) is 5.10 Å². The Hall–Kier alpha value is -4.78. The van der Waals surface area contributed by atoms with E-state index in [-0.39, 0.29) is 5.56 Å². The van der Waals surface area contributed by atoms with Crippen LogP contribution in [0.2, 0.25) is 0 Å². The summed E-state index contributed by atoms with van der Waals surface area (Å²) in [6, 6.07) is 17.9. The lowest BCUT2D eigenvalue weighted by atomic mass is 10.2. The maximum Gasteiger partial charge on any atom is 0.338 e. The molecule has 10 heteroatoms. The molecule has 4 rings (SSSR count). The number of benzene rings is 2. The molecule has 0 unspecified atom stereocenters. The van der Waals surface area contributed by atoms with Crippen molar-refractivity contribution in [3.63, 3.8) is 0 Å². The SMILES string of the molecule is Cc1c(C#N)c(NC(=O)COC(=O)c2ccc(-n3cnnn3)cc2)n(-c2ccccc2)c1C. The lowest BCUT2D eigenvalue weighted by Crippen LogP contribution is -2.23. The number of nitrogens with zero attached hydrogens (tertiary/aromatic N) is 6. The second-order valence-corrected chi connectivity index (χ2v) is 7.14. The molecule has 0 atom stereocenters. The van der Waals surface area contributed by atoms with Crippen LogP contribution in [0.1, 0.15) is 27.2 Å². The van der Waals surface area contributed by atoms with Crippen LogP contribution >= 0.6 is 0 Å². The number of nitrogens with one attached hydrogen (secondary N) is 1. The highest BCUT2D eigenvalue weighted by molar-refractivity contribution is 5.96. The smallest absolute Gasteiger partial charge is 0.338 e. The summed E-state index contributed by atoms with van der Waals surface area (Å²) < 4.78 is 8.40. The van der Waals surface area contributed by atoms with E-state index in [1.165, 1.54) is 11.0 Å². The second kappa shape index (κ2) is 9.15. The van der Waals surface area contributed by atoms with Crippen molar-refractivity contribution in [2.75, 3.05) is 11.9 Å². The first-order valence-electron chi connectivity index (χ1n) is 9.97. The fourth-order valence-electron chi connectivity index (χ4n) is 3.37. The van der Waals surface area contributed by atoms with Crippen LogP contribution in [0.25, 0.3) is 11.4 Å². The molecule has 0 spiro atoms. The first kappa shape index (κ1) is 21.5. The van der Waals surface area contributed by atoms with Gasteiger partial charge in [-0.3, -0.25) is 9.36 Å². The molecule has 0 radical (unpaired) electrons. The Labute approximate surface area is 189 Å². The van der Waals surface area contributed by atoms with E-state index in [1.54, 1.807) is 28.8 Å². The van der Waals surface area contributed by atoms with E-state index in [0.29, 0.717) is 17.1 Å². The zero-order valence-electron chi connectivity index (χ0n) is 17.9. The van der Waals surface area contributed by atoms with E-state index in [2.05, 4.69) is 26.9 Å². The monoisotopic (exact) mass is 441 g/mol. The standard InChI is InChI=1S/C23H19N7O3/c1-15-16(2)30(19-6-4-3-5-7-19)22(20(15)12-24)26-21(31)13-33-23(32)17-8-10-18(11-9-17)29-14-25-27-28-29/h3-11,14H,13H2,1-2H3,(H,26,31). The zero-order valence-corrected chi connectivity index (χ0v) is 17.9. The predicted molar refractivity (Wildman–Crippen MR) is 118 cm³/mol. The number of amides is 1. The van der Waals surface area contributed by atoms with E-state index < -0.39 is 18.5 Å². The Bertz CT molecular complexity index is 1340. The number of carbonyl (C=O) groups is 2. The minimum atomic E-state index is -0.653. The third kappa shape index (κ3) is 4.33. The molecule has 1 amide bonds. The maximum atomic E-state index is 12.6. The predicted octanol–water partition coefficient (Wildman–Crippen LogP) is 2.74. The Morgan fingerprint density at radius 2 is 1.79 bits per heavy atom. The minimum Gasteiger partial charge on any atom is -0.452 e. The number of aromatic nitrogens is 5. The van der Waals surface area contributed by atoms with Gasteiger partial charge in [0.25, 0.3) is 5.91 Å². The minimum absolute atomic E-state index is 0.275. The fraction of sp³-hybridized carbons (Fsp3) is 0.130. The molecule has 10 nitrogen and oxygen atoms in total. The molecule has 0 aliphatic carbocycles. The molecule has 2 heterocycles. The van der Waals surface area contributed by atoms with Gasteiger partial charge >= 0.3 is 5.97 Å². The van der Waals surface area contributed by atoms with Crippen LogP contribution in [-0.4, -0.2) is 43.3 Å². The molecule has 2 aromatic carbocycles. The number of hydrogen-bond donors (Lipinski definition) is 1. The van der Waals surface area contributed by atoms with Gasteiger partial charge < -0.3 is 10.1 Å². The van der Waals surface area contributed by atoms with Gasteiger partial charge in [0.2, 0.25) is 0 Å². The quantitative estimate of drug-likeness (QED) is 0.456. The van der Waals surface area contributed by atoms with E-state index in [0.717, 1.165) is 16.9 Å². The number of anilines is 1. The molecule has 0 saturated carbocycles. The van der Waals surface area contributed by atoms with E-state index in [1.807, 2.05) is 44.2 Å². The van der Waals surface area contributed by atoms with Gasteiger partial charge in [0.05, 0.1) is 16.8 Å². The zero-order chi connectivity index (χ0) is 23.4. The Balaban J connectivity index is 1.47. The van der Waals surface area contributed by atoms with Crippen LogP contribution in [0.5, 0.6) is 0 Å². The van der Waals surface area contributed by atoms with Crippen LogP contribution < -0.4 is 5.32 Å². The summed E-state index contributed by atoms with van der Waals surface area (Å²) in [5.74, 6) is -0.870. The number of hydrogen-bond acceptors (Lipinski definition) is 7. The summed E-state index contributed by atoms with van der Waals surface area (Å²) in [5, 5.41) is 23.3. The molecule has 0 aliphatic rings. The van der Waals surface area contributed by atoms with E-state index in [9.17, 15) is 14.9 Å². The largest absolute Gasteiger partial charge is 0.452 e. The van der Waals surface area contributed by atoms with Crippen LogP contribution in [0, 0.1) is 25.2 Å². The third-order valence-corrected chi connectivity index (χ3v) is 5.15. The van der Waals surface area contributed by atoms with Gasteiger partial charge in [0, 0.05) is 11.4 Å². The number of carbonyl (C=O) groups excluding carboxylic acids is 2. The van der Waals surface area contributed by atoms with Gasteiger partial charge in [-0.25, -0.2) is 9.48 Å². The van der Waals surface area contributed by atoms with Gasteiger partial charge in [-0.05, 0) is 66.2 Å². The van der Waals surface area contributed by atoms with Gasteiger partial charge in [0.15, 0.2) is 6.61 Å². The van der Waals surface area contributed by atoms with Crippen molar-refractivity contribution in [2.45, 2.75) is 13.8 Å². The first-order valence-corrected chi connectivity index (χ1v) is 9.97. The van der Waals surface area contributed by atoms with Crippen LogP contribution in [0.15, 0.2) is 60.9 Å². The molecule has 164 valence electrons. The molecule has 1 N–H and O–H groups in total. The summed E-state index contributed by atoms with van der Waals surface area (Å²) in [6.07, 6.45) is 1.43. The summed E-state index contributed by atoms with van der Waals surface area (Å²) in [5.41, 5.74) is 3.69. The number of nitriles is 1. The van der Waals surface area contributed by atoms with Crippen LogP contribution in [0.3, 0.4) is 0 Å². The lowest BCUT2D eigenvalue weighted by molar-refractivity contribution is -0.119. The Kier molecular flexibility index (Phi) is 5.95. The average Bonchev–Trinajstić information content (AvgIpc) is 3.45. The number of tetrazole rings is 1. The van der Waals surface area contributed by atoms with Gasteiger partial charge in [-0.2, -0.15) is 5.26 Å². The Morgan fingerprint density at radius 3 is 2.42 bits per heavy atom. The topological polar surface area (TPSA) is 128 Å². The van der Waals surface area contributed by atoms with Crippen molar-refractivity contribution in [3.05, 3.63) is 83.3 Å². The van der Waals surface area contributed by atoms with Crippen molar-refractivity contribution < 1.29 is 14.3 Å².